The van der Waals surface area contributed by atoms with Crippen LogP contribution in [0.5, 0.6) is 0 Å². The first-order valence-corrected chi connectivity index (χ1v) is 8.12. The summed E-state index contributed by atoms with van der Waals surface area (Å²) in [6, 6.07) is 2.98. The van der Waals surface area contributed by atoms with Crippen molar-refractivity contribution >= 4 is 34.9 Å². The number of rotatable bonds is 3. The molecule has 1 amide bonds. The number of nitrogens with two attached hydrogens (primary N) is 1. The molecule has 21 heavy (non-hydrogen) atoms. The smallest absolute Gasteiger partial charge is 0.256 e. The number of thioether (sulfide) groups is 1. The topological polar surface area (TPSA) is 46.3 Å². The first-order valence-electron chi connectivity index (χ1n) is 6.49. The Labute approximate surface area is 131 Å². The predicted molar refractivity (Wildman–Crippen MR) is 84.5 cm³/mol. The van der Waals surface area contributed by atoms with Crippen LogP contribution in [0.1, 0.15) is 23.2 Å². The van der Waals surface area contributed by atoms with Crippen molar-refractivity contribution in [1.29, 1.82) is 0 Å². The summed E-state index contributed by atoms with van der Waals surface area (Å²) in [7, 11) is 0. The molecule has 0 aromatic heterocycles. The van der Waals surface area contributed by atoms with Gasteiger partial charge >= 0.3 is 0 Å². The number of carbonyl (C=O) groups excluding carboxylic acids is 1. The molecule has 2 N–H and O–H groups in total. The van der Waals surface area contributed by atoms with E-state index in [1.54, 1.807) is 16.7 Å². The van der Waals surface area contributed by atoms with Crippen LogP contribution in [0.2, 0.25) is 0 Å². The summed E-state index contributed by atoms with van der Waals surface area (Å²) in [4.78, 5) is 14.3. The highest BCUT2D eigenvalue weighted by molar-refractivity contribution is 8.02. The van der Waals surface area contributed by atoms with E-state index < -0.39 is 17.5 Å². The minimum Gasteiger partial charge on any atom is -0.392 e. The molecule has 3 nitrogen and oxygen atoms in total. The highest BCUT2D eigenvalue weighted by Gasteiger charge is 2.38. The summed E-state index contributed by atoms with van der Waals surface area (Å²) in [6.45, 7) is 0.904. The molecule has 114 valence electrons. The van der Waals surface area contributed by atoms with Crippen molar-refractivity contribution in [2.45, 2.75) is 17.6 Å². The lowest BCUT2D eigenvalue weighted by Crippen LogP contribution is -2.50. The highest BCUT2D eigenvalue weighted by Crippen LogP contribution is 2.35. The zero-order valence-corrected chi connectivity index (χ0v) is 13.2. The van der Waals surface area contributed by atoms with Gasteiger partial charge in [-0.1, -0.05) is 12.2 Å². The minimum atomic E-state index is -0.837. The van der Waals surface area contributed by atoms with E-state index in [-0.39, 0.29) is 10.3 Å². The quantitative estimate of drug-likeness (QED) is 0.866. The predicted octanol–water partition coefficient (Wildman–Crippen LogP) is 2.59. The standard InChI is InChI=1S/C14H16F2N2OS2/c1-21-14(13(17)20)4-6-18(7-5-14)12(19)10-3-2-9(15)8-11(10)16/h2-3,8H,4-7H2,1H3,(H2,17,20). The van der Waals surface area contributed by atoms with Gasteiger partial charge in [-0.3, -0.25) is 4.79 Å². The fourth-order valence-corrected chi connectivity index (χ4v) is 3.70. The second-order valence-corrected chi connectivity index (χ2v) is 6.61. The van der Waals surface area contributed by atoms with E-state index in [9.17, 15) is 13.6 Å². The Morgan fingerprint density at radius 2 is 2.00 bits per heavy atom. The van der Waals surface area contributed by atoms with Crippen LogP contribution in [0.4, 0.5) is 8.78 Å². The van der Waals surface area contributed by atoms with Crippen LogP contribution in [0.15, 0.2) is 18.2 Å². The van der Waals surface area contributed by atoms with Gasteiger partial charge in [0.2, 0.25) is 0 Å². The number of carbonyl (C=O) groups is 1. The van der Waals surface area contributed by atoms with Crippen molar-refractivity contribution in [1.82, 2.24) is 4.90 Å². The number of nitrogens with zero attached hydrogens (tertiary/aromatic N) is 1. The molecule has 1 aromatic rings. The Morgan fingerprint density at radius 3 is 2.48 bits per heavy atom. The second-order valence-electron chi connectivity index (χ2n) is 4.98. The lowest BCUT2D eigenvalue weighted by atomic mass is 9.95. The Kier molecular flexibility index (Phi) is 4.83. The monoisotopic (exact) mass is 330 g/mol. The molecule has 0 atom stereocenters. The Balaban J connectivity index is 2.12. The van der Waals surface area contributed by atoms with Crippen molar-refractivity contribution in [2.75, 3.05) is 19.3 Å². The largest absolute Gasteiger partial charge is 0.392 e. The molecule has 1 aliphatic heterocycles. The third-order valence-electron chi connectivity index (χ3n) is 3.86. The minimum absolute atomic E-state index is 0.108. The molecular formula is C14H16F2N2OS2. The Hall–Kier alpha value is -1.21. The third-order valence-corrected chi connectivity index (χ3v) is 5.79. The van der Waals surface area contributed by atoms with Gasteiger partial charge in [-0.2, -0.15) is 11.8 Å². The summed E-state index contributed by atoms with van der Waals surface area (Å²) in [5.74, 6) is -1.96. The van der Waals surface area contributed by atoms with Crippen LogP contribution in [-0.4, -0.2) is 39.9 Å². The molecule has 1 aromatic carbocycles. The average molecular weight is 330 g/mol. The first-order chi connectivity index (χ1) is 9.89. The SMILES string of the molecule is CSC1(C(N)=S)CCN(C(=O)c2ccc(F)cc2F)CC1. The Morgan fingerprint density at radius 1 is 1.38 bits per heavy atom. The summed E-state index contributed by atoms with van der Waals surface area (Å²) in [6.07, 6.45) is 3.21. The molecule has 1 aliphatic rings. The van der Waals surface area contributed by atoms with E-state index in [4.69, 9.17) is 18.0 Å². The fraction of sp³-hybridized carbons (Fsp3) is 0.429. The van der Waals surface area contributed by atoms with Gasteiger partial charge in [0.15, 0.2) is 0 Å². The summed E-state index contributed by atoms with van der Waals surface area (Å²) in [5, 5.41) is 0. The number of thiocarbonyl (C=S) groups is 1. The number of hydrogen-bond donors (Lipinski definition) is 1. The van der Waals surface area contributed by atoms with Crippen LogP contribution in [0.3, 0.4) is 0 Å². The molecule has 7 heteroatoms. The van der Waals surface area contributed by atoms with Crippen molar-refractivity contribution in [3.63, 3.8) is 0 Å². The number of hydrogen-bond acceptors (Lipinski definition) is 3. The van der Waals surface area contributed by atoms with E-state index in [1.807, 2.05) is 6.26 Å². The number of benzene rings is 1. The van der Waals surface area contributed by atoms with E-state index in [1.165, 1.54) is 6.07 Å². The molecule has 0 bridgehead atoms. The molecule has 1 saturated heterocycles. The molecule has 0 spiro atoms. The maximum atomic E-state index is 13.7. The van der Waals surface area contributed by atoms with Gasteiger partial charge in [0, 0.05) is 19.2 Å². The van der Waals surface area contributed by atoms with Gasteiger partial charge in [0.25, 0.3) is 5.91 Å². The number of halogens is 2. The van der Waals surface area contributed by atoms with Gasteiger partial charge in [0.1, 0.15) is 11.6 Å². The van der Waals surface area contributed by atoms with E-state index in [2.05, 4.69) is 0 Å². The zero-order chi connectivity index (χ0) is 15.6. The summed E-state index contributed by atoms with van der Waals surface area (Å²) >= 11 is 6.70. The third kappa shape index (κ3) is 3.18. The van der Waals surface area contributed by atoms with Gasteiger partial charge in [-0.15, -0.1) is 0 Å². The number of likely N-dealkylation sites (tertiary alicyclic amines) is 1. The molecule has 0 unspecified atom stereocenters. The highest BCUT2D eigenvalue weighted by atomic mass is 32.2. The Bertz CT molecular complexity index is 572. The molecule has 0 radical (unpaired) electrons. The zero-order valence-electron chi connectivity index (χ0n) is 11.6. The molecule has 0 aliphatic carbocycles. The lowest BCUT2D eigenvalue weighted by Gasteiger charge is -2.40. The normalized spacial score (nSPS) is 17.6. The van der Waals surface area contributed by atoms with Crippen LogP contribution in [0, 0.1) is 11.6 Å². The lowest BCUT2D eigenvalue weighted by molar-refractivity contribution is 0.0714. The van der Waals surface area contributed by atoms with Crippen molar-refractivity contribution in [3.05, 3.63) is 35.4 Å². The van der Waals surface area contributed by atoms with E-state index in [0.717, 1.165) is 12.1 Å². The van der Waals surface area contributed by atoms with Crippen LogP contribution in [0.25, 0.3) is 0 Å². The van der Waals surface area contributed by atoms with Crippen molar-refractivity contribution < 1.29 is 13.6 Å². The van der Waals surface area contributed by atoms with E-state index in [0.29, 0.717) is 30.9 Å². The molecule has 0 saturated carbocycles. The first kappa shape index (κ1) is 16.2. The molecule has 2 rings (SSSR count). The summed E-state index contributed by atoms with van der Waals surface area (Å²) in [5.41, 5.74) is 5.68. The molecule has 1 fully saturated rings. The van der Waals surface area contributed by atoms with Gasteiger partial charge in [-0.05, 0) is 31.2 Å². The second kappa shape index (κ2) is 6.27. The van der Waals surface area contributed by atoms with Gasteiger partial charge in [-0.25, -0.2) is 8.78 Å². The van der Waals surface area contributed by atoms with Crippen molar-refractivity contribution in [2.24, 2.45) is 5.73 Å². The average Bonchev–Trinajstić information content (AvgIpc) is 2.46. The summed E-state index contributed by atoms with van der Waals surface area (Å²) < 4.78 is 26.3. The fourth-order valence-electron chi connectivity index (χ4n) is 2.46. The molecular weight excluding hydrogens is 314 g/mol. The van der Waals surface area contributed by atoms with Gasteiger partial charge < -0.3 is 10.6 Å². The van der Waals surface area contributed by atoms with Crippen molar-refractivity contribution in [3.8, 4) is 0 Å². The maximum absolute atomic E-state index is 13.7. The van der Waals surface area contributed by atoms with Gasteiger partial charge in [0.05, 0.1) is 15.3 Å². The van der Waals surface area contributed by atoms with Crippen LogP contribution in [-0.2, 0) is 0 Å². The van der Waals surface area contributed by atoms with Crippen LogP contribution >= 0.6 is 24.0 Å². The molecule has 1 heterocycles. The number of piperidine rings is 1. The maximum Gasteiger partial charge on any atom is 0.256 e. The number of amides is 1. The van der Waals surface area contributed by atoms with E-state index >= 15 is 0 Å². The van der Waals surface area contributed by atoms with Crippen LogP contribution < -0.4 is 5.73 Å².